The molecule has 0 saturated heterocycles. The van der Waals surface area contributed by atoms with Crippen molar-refractivity contribution in [3.05, 3.63) is 35.9 Å². The summed E-state index contributed by atoms with van der Waals surface area (Å²) in [6.07, 6.45) is 0. The van der Waals surface area contributed by atoms with Crippen LogP contribution in [0.3, 0.4) is 0 Å². The Morgan fingerprint density at radius 1 is 1.22 bits per heavy atom. The van der Waals surface area contributed by atoms with Crippen molar-refractivity contribution in [3.8, 4) is 5.88 Å². The molecule has 0 unspecified atom stereocenters. The van der Waals surface area contributed by atoms with E-state index in [0.29, 0.717) is 5.88 Å². The number of methoxy groups -OCH3 is 1. The van der Waals surface area contributed by atoms with Gasteiger partial charge >= 0.3 is 0 Å². The van der Waals surface area contributed by atoms with Crippen LogP contribution in [0.2, 0.25) is 0 Å². The van der Waals surface area contributed by atoms with E-state index >= 15 is 0 Å². The first-order valence-corrected chi connectivity index (χ1v) is 6.17. The molecule has 96 valence electrons. The summed E-state index contributed by atoms with van der Waals surface area (Å²) in [5, 5.41) is 4.67. The van der Waals surface area contributed by atoms with Crippen LogP contribution < -0.4 is 10.1 Å². The number of benzene rings is 1. The van der Waals surface area contributed by atoms with Gasteiger partial charge in [-0.2, -0.15) is 0 Å². The number of hydrogen-bond donors (Lipinski definition) is 1. The Morgan fingerprint density at radius 2 is 1.94 bits per heavy atom. The van der Waals surface area contributed by atoms with Crippen molar-refractivity contribution in [3.63, 3.8) is 0 Å². The zero-order valence-corrected chi connectivity index (χ0v) is 11.4. The minimum atomic E-state index is 0.0949. The maximum Gasteiger partial charge on any atom is 0.213 e. The number of nitrogens with one attached hydrogen (secondary N) is 1. The van der Waals surface area contributed by atoms with Gasteiger partial charge in [-0.1, -0.05) is 18.2 Å². The van der Waals surface area contributed by atoms with Gasteiger partial charge in [0.2, 0.25) is 5.88 Å². The van der Waals surface area contributed by atoms with Crippen molar-refractivity contribution < 1.29 is 4.74 Å². The molecule has 1 heterocycles. The summed E-state index contributed by atoms with van der Waals surface area (Å²) < 4.78 is 5.26. The van der Waals surface area contributed by atoms with Gasteiger partial charge in [-0.05, 0) is 32.4 Å². The number of pyridine rings is 1. The fraction of sp³-hybridized carbons (Fsp3) is 0.400. The predicted molar refractivity (Wildman–Crippen MR) is 74.9 cm³/mol. The van der Waals surface area contributed by atoms with Gasteiger partial charge in [0.25, 0.3) is 0 Å². The predicted octanol–water partition coefficient (Wildman–Crippen LogP) is 3.13. The number of aromatic nitrogens is 1. The van der Waals surface area contributed by atoms with Crippen molar-refractivity contribution in [2.24, 2.45) is 0 Å². The molecule has 18 heavy (non-hydrogen) atoms. The average molecular weight is 244 g/mol. The van der Waals surface area contributed by atoms with Gasteiger partial charge in [0, 0.05) is 23.5 Å². The molecular weight excluding hydrogens is 224 g/mol. The second-order valence-electron chi connectivity index (χ2n) is 5.44. The highest BCUT2D eigenvalue weighted by Gasteiger charge is 2.11. The van der Waals surface area contributed by atoms with Crippen molar-refractivity contribution in [2.45, 2.75) is 32.9 Å². The molecule has 1 N–H and O–H groups in total. The van der Waals surface area contributed by atoms with Crippen LogP contribution in [0.5, 0.6) is 5.88 Å². The van der Waals surface area contributed by atoms with E-state index in [0.717, 1.165) is 12.1 Å². The summed E-state index contributed by atoms with van der Waals surface area (Å²) in [6.45, 7) is 7.29. The van der Waals surface area contributed by atoms with Gasteiger partial charge in [-0.25, -0.2) is 4.98 Å². The van der Waals surface area contributed by atoms with E-state index in [2.05, 4.69) is 37.1 Å². The lowest BCUT2D eigenvalue weighted by atomic mass is 10.1. The summed E-state index contributed by atoms with van der Waals surface area (Å²) in [7, 11) is 1.65. The molecule has 0 spiro atoms. The van der Waals surface area contributed by atoms with E-state index < -0.39 is 0 Å². The monoisotopic (exact) mass is 244 g/mol. The molecule has 0 aliphatic carbocycles. The van der Waals surface area contributed by atoms with Crippen LogP contribution in [-0.4, -0.2) is 17.6 Å². The maximum atomic E-state index is 5.26. The highest BCUT2D eigenvalue weighted by molar-refractivity contribution is 5.82. The number of fused-ring (bicyclic) bond motifs is 1. The second kappa shape index (κ2) is 4.94. The van der Waals surface area contributed by atoms with Gasteiger partial charge in [0.05, 0.1) is 12.6 Å². The van der Waals surface area contributed by atoms with E-state index in [-0.39, 0.29) is 5.54 Å². The molecular formula is C15H20N2O. The molecule has 2 rings (SSSR count). The lowest BCUT2D eigenvalue weighted by Gasteiger charge is -2.21. The van der Waals surface area contributed by atoms with Gasteiger partial charge in [0.1, 0.15) is 0 Å². The van der Waals surface area contributed by atoms with Crippen LogP contribution in [0.15, 0.2) is 30.3 Å². The zero-order valence-electron chi connectivity index (χ0n) is 11.4. The van der Waals surface area contributed by atoms with Gasteiger partial charge in [-0.3, -0.25) is 0 Å². The van der Waals surface area contributed by atoms with E-state index in [1.54, 1.807) is 7.11 Å². The molecule has 2 aromatic rings. The number of para-hydroxylation sites is 1. The van der Waals surface area contributed by atoms with E-state index in [1.807, 2.05) is 24.3 Å². The second-order valence-corrected chi connectivity index (χ2v) is 5.44. The van der Waals surface area contributed by atoms with Gasteiger partial charge in [0.15, 0.2) is 0 Å². The Balaban J connectivity index is 2.41. The molecule has 0 saturated carbocycles. The van der Waals surface area contributed by atoms with Gasteiger partial charge < -0.3 is 10.1 Å². The molecule has 1 aromatic heterocycles. The highest BCUT2D eigenvalue weighted by Crippen LogP contribution is 2.22. The first-order chi connectivity index (χ1) is 8.49. The lowest BCUT2D eigenvalue weighted by Crippen LogP contribution is -2.35. The Kier molecular flexibility index (Phi) is 3.53. The van der Waals surface area contributed by atoms with Gasteiger partial charge in [-0.15, -0.1) is 0 Å². The summed E-state index contributed by atoms with van der Waals surface area (Å²) >= 11 is 0. The molecule has 0 fully saturated rings. The molecule has 1 aromatic carbocycles. The van der Waals surface area contributed by atoms with Crippen LogP contribution in [0, 0.1) is 0 Å². The van der Waals surface area contributed by atoms with E-state index in [9.17, 15) is 0 Å². The minimum Gasteiger partial charge on any atom is -0.481 e. The third-order valence-electron chi connectivity index (χ3n) is 2.80. The third kappa shape index (κ3) is 2.99. The minimum absolute atomic E-state index is 0.0949. The largest absolute Gasteiger partial charge is 0.481 e. The standard InChI is InChI=1S/C15H20N2O/c1-15(2,3)16-10-11-9-14(18-4)17-13-8-6-5-7-12(11)13/h5-9,16H,10H2,1-4H3. The zero-order chi connectivity index (χ0) is 13.2. The van der Waals surface area contributed by atoms with Crippen molar-refractivity contribution in [1.29, 1.82) is 0 Å². The molecule has 0 bridgehead atoms. The quantitative estimate of drug-likeness (QED) is 0.900. The van der Waals surface area contributed by atoms with Crippen LogP contribution in [0.1, 0.15) is 26.3 Å². The first-order valence-electron chi connectivity index (χ1n) is 6.17. The third-order valence-corrected chi connectivity index (χ3v) is 2.80. The number of ether oxygens (including phenoxy) is 1. The molecule has 0 aliphatic rings. The smallest absolute Gasteiger partial charge is 0.213 e. The SMILES string of the molecule is COc1cc(CNC(C)(C)C)c2ccccc2n1. The molecule has 0 aliphatic heterocycles. The van der Waals surface area contributed by atoms with Crippen LogP contribution in [0.4, 0.5) is 0 Å². The summed E-state index contributed by atoms with van der Waals surface area (Å²) in [4.78, 5) is 4.45. The highest BCUT2D eigenvalue weighted by atomic mass is 16.5. The fourth-order valence-electron chi connectivity index (χ4n) is 1.83. The summed E-state index contributed by atoms with van der Waals surface area (Å²) in [5.74, 6) is 0.666. The van der Waals surface area contributed by atoms with Crippen molar-refractivity contribution in [2.75, 3.05) is 7.11 Å². The summed E-state index contributed by atoms with van der Waals surface area (Å²) in [6, 6.07) is 10.1. The van der Waals surface area contributed by atoms with E-state index in [4.69, 9.17) is 4.74 Å². The van der Waals surface area contributed by atoms with Crippen LogP contribution in [-0.2, 0) is 6.54 Å². The Hall–Kier alpha value is -1.61. The lowest BCUT2D eigenvalue weighted by molar-refractivity contribution is 0.396. The average Bonchev–Trinajstić information content (AvgIpc) is 2.34. The Bertz CT molecular complexity index is 544. The Morgan fingerprint density at radius 3 is 2.61 bits per heavy atom. The van der Waals surface area contributed by atoms with Crippen LogP contribution in [0.25, 0.3) is 10.9 Å². The number of nitrogens with zero attached hydrogens (tertiary/aromatic N) is 1. The van der Waals surface area contributed by atoms with Crippen molar-refractivity contribution >= 4 is 10.9 Å². The van der Waals surface area contributed by atoms with Crippen molar-refractivity contribution in [1.82, 2.24) is 10.3 Å². The van der Waals surface area contributed by atoms with Crippen LogP contribution >= 0.6 is 0 Å². The molecule has 0 amide bonds. The molecule has 0 atom stereocenters. The molecule has 0 radical (unpaired) electrons. The topological polar surface area (TPSA) is 34.1 Å². The fourth-order valence-corrected chi connectivity index (χ4v) is 1.83. The summed E-state index contributed by atoms with van der Waals surface area (Å²) in [5.41, 5.74) is 2.28. The maximum absolute atomic E-state index is 5.26. The first kappa shape index (κ1) is 12.8. The molecule has 3 nitrogen and oxygen atoms in total. The normalized spacial score (nSPS) is 11.8. The molecule has 3 heteroatoms. The number of hydrogen-bond acceptors (Lipinski definition) is 3. The number of rotatable bonds is 3. The Labute approximate surface area is 108 Å². The van der Waals surface area contributed by atoms with E-state index in [1.165, 1.54) is 10.9 Å².